The van der Waals surface area contributed by atoms with Gasteiger partial charge >= 0.3 is 5.69 Å². The molecule has 3 rings (SSSR count). The molecule has 1 heterocycles. The van der Waals surface area contributed by atoms with Crippen LogP contribution in [0.25, 0.3) is 0 Å². The molecule has 0 saturated heterocycles. The highest BCUT2D eigenvalue weighted by Gasteiger charge is 2.24. The number of nitrogens with zero attached hydrogens (tertiary/aromatic N) is 2. The third kappa shape index (κ3) is 4.04. The lowest BCUT2D eigenvalue weighted by Gasteiger charge is -2.25. The quantitative estimate of drug-likeness (QED) is 0.798. The topological polar surface area (TPSA) is 87.4 Å². The summed E-state index contributed by atoms with van der Waals surface area (Å²) in [7, 11) is 0. The Bertz CT molecular complexity index is 946. The molecule has 6 nitrogen and oxygen atoms in total. The van der Waals surface area contributed by atoms with Crippen LogP contribution in [-0.2, 0) is 0 Å². The fourth-order valence-corrected chi connectivity index (χ4v) is 3.73. The molecule has 1 aromatic heterocycles. The van der Waals surface area contributed by atoms with Crippen molar-refractivity contribution in [2.24, 2.45) is 4.99 Å². The van der Waals surface area contributed by atoms with Crippen LogP contribution in [0.2, 0.25) is 0 Å². The Morgan fingerprint density at radius 1 is 1.15 bits per heavy atom. The van der Waals surface area contributed by atoms with Gasteiger partial charge in [0.25, 0.3) is 5.56 Å². The number of aromatic amines is 1. The summed E-state index contributed by atoms with van der Waals surface area (Å²) >= 11 is 0. The maximum atomic E-state index is 12.4. The van der Waals surface area contributed by atoms with Crippen molar-refractivity contribution < 1.29 is 5.11 Å². The molecule has 1 saturated carbocycles. The number of rotatable bonds is 4. The van der Waals surface area contributed by atoms with Crippen LogP contribution in [0, 0.1) is 0 Å². The van der Waals surface area contributed by atoms with Crippen molar-refractivity contribution in [1.29, 1.82) is 0 Å². The Balaban J connectivity index is 2.02. The van der Waals surface area contributed by atoms with Gasteiger partial charge in [0.05, 0.1) is 11.4 Å². The van der Waals surface area contributed by atoms with Gasteiger partial charge in [-0.3, -0.25) is 19.3 Å². The summed E-state index contributed by atoms with van der Waals surface area (Å²) in [5, 5.41) is 10.7. The average Bonchev–Trinajstić information content (AvgIpc) is 2.62. The monoisotopic (exact) mass is 369 g/mol. The summed E-state index contributed by atoms with van der Waals surface area (Å²) in [4.78, 5) is 31.5. The third-order valence-electron chi connectivity index (χ3n) is 5.28. The first-order valence-electron chi connectivity index (χ1n) is 9.62. The van der Waals surface area contributed by atoms with E-state index in [0.717, 1.165) is 32.1 Å². The summed E-state index contributed by atoms with van der Waals surface area (Å²) in [5.74, 6) is 0.144. The smallest absolute Gasteiger partial charge is 0.331 e. The number of aromatic hydroxyl groups is 1. The molecule has 0 radical (unpaired) electrons. The van der Waals surface area contributed by atoms with E-state index in [2.05, 4.69) is 23.8 Å². The first-order chi connectivity index (χ1) is 12.9. The molecule has 1 aromatic carbocycles. The second-order valence-electron chi connectivity index (χ2n) is 7.56. The van der Waals surface area contributed by atoms with Gasteiger partial charge in [0, 0.05) is 6.04 Å². The number of H-pyrrole nitrogens is 1. The van der Waals surface area contributed by atoms with Gasteiger partial charge in [-0.25, -0.2) is 4.79 Å². The predicted octanol–water partition coefficient (Wildman–Crippen LogP) is 4.01. The highest BCUT2D eigenvalue weighted by Crippen LogP contribution is 2.30. The van der Waals surface area contributed by atoms with Crippen LogP contribution in [-0.4, -0.2) is 20.4 Å². The van der Waals surface area contributed by atoms with Crippen molar-refractivity contribution in [3.05, 3.63) is 56.2 Å². The first-order valence-corrected chi connectivity index (χ1v) is 9.62. The Kier molecular flexibility index (Phi) is 5.63. The molecule has 0 spiro atoms. The van der Waals surface area contributed by atoms with E-state index in [1.54, 1.807) is 6.92 Å². The van der Waals surface area contributed by atoms with Crippen LogP contribution in [0.15, 0.2) is 38.8 Å². The third-order valence-corrected chi connectivity index (χ3v) is 5.28. The molecule has 1 fully saturated rings. The molecule has 2 aromatic rings. The zero-order valence-electron chi connectivity index (χ0n) is 16.2. The summed E-state index contributed by atoms with van der Waals surface area (Å²) in [5.41, 5.74) is 1.19. The standard InChI is InChI=1S/C21H27N3O3/c1-13(2)15-9-11-16(12-10-15)22-14(3)18-19(25)23-21(27)24(20(18)26)17-7-5-4-6-8-17/h9-13,17,26H,4-8H2,1-3H3,(H,23,25,27). The maximum Gasteiger partial charge on any atom is 0.331 e. The molecule has 0 atom stereocenters. The van der Waals surface area contributed by atoms with Crippen molar-refractivity contribution in [2.45, 2.75) is 64.8 Å². The number of aliphatic imine (C=N–C) groups is 1. The van der Waals surface area contributed by atoms with Crippen LogP contribution in [0.5, 0.6) is 5.88 Å². The maximum absolute atomic E-state index is 12.4. The van der Waals surface area contributed by atoms with Gasteiger partial charge < -0.3 is 5.11 Å². The lowest BCUT2D eigenvalue weighted by Crippen LogP contribution is -2.36. The van der Waals surface area contributed by atoms with Crippen LogP contribution >= 0.6 is 0 Å². The highest BCUT2D eigenvalue weighted by molar-refractivity contribution is 6.01. The van der Waals surface area contributed by atoms with Crippen LogP contribution in [0.1, 0.15) is 76.0 Å². The molecule has 1 aliphatic rings. The van der Waals surface area contributed by atoms with Crippen LogP contribution in [0.4, 0.5) is 5.69 Å². The highest BCUT2D eigenvalue weighted by atomic mass is 16.3. The van der Waals surface area contributed by atoms with Crippen molar-refractivity contribution in [1.82, 2.24) is 9.55 Å². The van der Waals surface area contributed by atoms with E-state index in [0.29, 0.717) is 17.3 Å². The molecule has 144 valence electrons. The number of aromatic nitrogens is 2. The molecule has 0 bridgehead atoms. The van der Waals surface area contributed by atoms with E-state index in [-0.39, 0.29) is 17.5 Å². The average molecular weight is 369 g/mol. The molecule has 0 amide bonds. The van der Waals surface area contributed by atoms with E-state index >= 15 is 0 Å². The van der Waals surface area contributed by atoms with Gasteiger partial charge in [0.15, 0.2) is 0 Å². The SMILES string of the molecule is CC(=Nc1ccc(C(C)C)cc1)c1c(O)n(C2CCCCC2)c(=O)[nH]c1=O. The predicted molar refractivity (Wildman–Crippen MR) is 108 cm³/mol. The molecule has 1 aliphatic carbocycles. The molecule has 0 aliphatic heterocycles. The zero-order chi connectivity index (χ0) is 19.6. The molecule has 0 unspecified atom stereocenters. The van der Waals surface area contributed by atoms with E-state index in [1.807, 2.05) is 24.3 Å². The fraction of sp³-hybridized carbons (Fsp3) is 0.476. The first kappa shape index (κ1) is 19.1. The number of benzene rings is 1. The molecular weight excluding hydrogens is 342 g/mol. The van der Waals surface area contributed by atoms with E-state index in [4.69, 9.17) is 0 Å². The molecule has 2 N–H and O–H groups in total. The Hall–Kier alpha value is -2.63. The minimum atomic E-state index is -0.607. The molecule has 27 heavy (non-hydrogen) atoms. The van der Waals surface area contributed by atoms with E-state index in [9.17, 15) is 14.7 Å². The van der Waals surface area contributed by atoms with Gasteiger partial charge in [0.2, 0.25) is 5.88 Å². The normalized spacial score (nSPS) is 16.1. The van der Waals surface area contributed by atoms with Crippen molar-refractivity contribution in [3.8, 4) is 5.88 Å². The molecule has 6 heteroatoms. The number of nitrogens with one attached hydrogen (secondary N) is 1. The van der Waals surface area contributed by atoms with Gasteiger partial charge in [-0.1, -0.05) is 45.2 Å². The Morgan fingerprint density at radius 3 is 2.37 bits per heavy atom. The van der Waals surface area contributed by atoms with Crippen LogP contribution < -0.4 is 11.2 Å². The van der Waals surface area contributed by atoms with Crippen molar-refractivity contribution in [3.63, 3.8) is 0 Å². The fourth-order valence-electron chi connectivity index (χ4n) is 3.73. The largest absolute Gasteiger partial charge is 0.494 e. The van der Waals surface area contributed by atoms with Gasteiger partial charge in [-0.2, -0.15) is 0 Å². The summed E-state index contributed by atoms with van der Waals surface area (Å²) in [6.45, 7) is 5.92. The van der Waals surface area contributed by atoms with Gasteiger partial charge in [0.1, 0.15) is 5.56 Å². The zero-order valence-corrected chi connectivity index (χ0v) is 16.2. The van der Waals surface area contributed by atoms with E-state index in [1.165, 1.54) is 10.1 Å². The van der Waals surface area contributed by atoms with Gasteiger partial charge in [-0.05, 0) is 43.4 Å². The second kappa shape index (κ2) is 7.94. The Labute approximate surface area is 158 Å². The summed E-state index contributed by atoms with van der Waals surface area (Å²) < 4.78 is 1.33. The lowest BCUT2D eigenvalue weighted by atomic mass is 9.95. The van der Waals surface area contributed by atoms with Crippen LogP contribution in [0.3, 0.4) is 0 Å². The van der Waals surface area contributed by atoms with Crippen molar-refractivity contribution in [2.75, 3.05) is 0 Å². The summed E-state index contributed by atoms with van der Waals surface area (Å²) in [6.07, 6.45) is 4.81. The van der Waals surface area contributed by atoms with E-state index < -0.39 is 11.2 Å². The molecular formula is C21H27N3O3. The second-order valence-corrected chi connectivity index (χ2v) is 7.56. The van der Waals surface area contributed by atoms with Gasteiger partial charge in [-0.15, -0.1) is 0 Å². The van der Waals surface area contributed by atoms with Crippen molar-refractivity contribution >= 4 is 11.4 Å². The minimum Gasteiger partial charge on any atom is -0.494 e. The minimum absolute atomic E-state index is 0.0631. The Morgan fingerprint density at radius 2 is 1.78 bits per heavy atom. The summed E-state index contributed by atoms with van der Waals surface area (Å²) in [6, 6.07) is 7.70. The number of hydrogen-bond donors (Lipinski definition) is 2. The number of hydrogen-bond acceptors (Lipinski definition) is 4. The lowest BCUT2D eigenvalue weighted by molar-refractivity contribution is 0.298.